The second-order valence-corrected chi connectivity index (χ2v) is 4.69. The largest absolute Gasteiger partial charge is 0.0594 e. The van der Waals surface area contributed by atoms with E-state index in [1.54, 1.807) is 5.92 Å². The van der Waals surface area contributed by atoms with E-state index in [0.29, 0.717) is 5.41 Å². The van der Waals surface area contributed by atoms with E-state index in [9.17, 15) is 0 Å². The zero-order valence-corrected chi connectivity index (χ0v) is 7.28. The van der Waals surface area contributed by atoms with Gasteiger partial charge in [0.1, 0.15) is 0 Å². The summed E-state index contributed by atoms with van der Waals surface area (Å²) in [6, 6.07) is 0. The van der Waals surface area contributed by atoms with Crippen molar-refractivity contribution in [1.29, 1.82) is 0 Å². The molecular weight excluding hydrogens is 120 g/mol. The van der Waals surface area contributed by atoms with Crippen molar-refractivity contribution < 1.29 is 0 Å². The third-order valence-corrected chi connectivity index (χ3v) is 3.95. The molecule has 2 bridgehead atoms. The van der Waals surface area contributed by atoms with Gasteiger partial charge in [-0.3, -0.25) is 0 Å². The summed E-state index contributed by atoms with van der Waals surface area (Å²) in [7, 11) is 0. The van der Waals surface area contributed by atoms with Gasteiger partial charge in [0.25, 0.3) is 0 Å². The molecule has 0 heterocycles. The van der Waals surface area contributed by atoms with Crippen molar-refractivity contribution in [2.45, 2.75) is 40.0 Å². The molecule has 0 aromatic rings. The van der Waals surface area contributed by atoms with Gasteiger partial charge in [0.2, 0.25) is 0 Å². The van der Waals surface area contributed by atoms with Gasteiger partial charge in [-0.15, -0.1) is 0 Å². The Morgan fingerprint density at radius 1 is 1.40 bits per heavy atom. The Hall–Kier alpha value is 0. The average molecular weight is 137 g/mol. The first-order valence-electron chi connectivity index (χ1n) is 4.44. The minimum Gasteiger partial charge on any atom is -0.0594 e. The van der Waals surface area contributed by atoms with Crippen LogP contribution in [0.4, 0.5) is 0 Å². The van der Waals surface area contributed by atoms with E-state index in [2.05, 4.69) is 20.8 Å². The van der Waals surface area contributed by atoms with E-state index >= 15 is 0 Å². The number of hydrogen-bond donors (Lipinski definition) is 0. The predicted molar refractivity (Wildman–Crippen MR) is 43.5 cm³/mol. The zero-order valence-electron chi connectivity index (χ0n) is 7.28. The monoisotopic (exact) mass is 137 g/mol. The normalized spacial score (nSPS) is 44.7. The molecule has 0 heteroatoms. The molecule has 0 aliphatic heterocycles. The van der Waals surface area contributed by atoms with Gasteiger partial charge in [-0.2, -0.15) is 0 Å². The lowest BCUT2D eigenvalue weighted by Crippen LogP contribution is -2.50. The van der Waals surface area contributed by atoms with Crippen LogP contribution in [0.1, 0.15) is 40.0 Å². The maximum Gasteiger partial charge on any atom is -0.0235 e. The lowest BCUT2D eigenvalue weighted by Gasteiger charge is -2.59. The maximum atomic E-state index is 2.44. The fourth-order valence-electron chi connectivity index (χ4n) is 2.92. The van der Waals surface area contributed by atoms with E-state index in [4.69, 9.17) is 0 Å². The summed E-state index contributed by atoms with van der Waals surface area (Å²) in [5.74, 6) is 3.81. The van der Waals surface area contributed by atoms with Gasteiger partial charge in [-0.1, -0.05) is 20.8 Å². The maximum absolute atomic E-state index is 2.44. The van der Waals surface area contributed by atoms with E-state index in [1.165, 1.54) is 19.3 Å². The molecule has 57 valence electrons. The van der Waals surface area contributed by atoms with Crippen molar-refractivity contribution in [3.63, 3.8) is 0 Å². The summed E-state index contributed by atoms with van der Waals surface area (Å²) in [4.78, 5) is 0. The SMILES string of the molecule is C[C]1CC[C@H]2C[C@@H]1C2(C)C. The van der Waals surface area contributed by atoms with E-state index in [0.717, 1.165) is 11.8 Å². The Bertz CT molecular complexity index is 144. The molecule has 2 atom stereocenters. The van der Waals surface area contributed by atoms with Gasteiger partial charge < -0.3 is 0 Å². The van der Waals surface area contributed by atoms with Crippen LogP contribution < -0.4 is 0 Å². The second-order valence-electron chi connectivity index (χ2n) is 4.69. The molecule has 0 N–H and O–H groups in total. The molecule has 0 unspecified atom stereocenters. The van der Waals surface area contributed by atoms with Crippen LogP contribution in [0.2, 0.25) is 0 Å². The van der Waals surface area contributed by atoms with Crippen LogP contribution in [0, 0.1) is 23.2 Å². The summed E-state index contributed by atoms with van der Waals surface area (Å²) in [5.41, 5.74) is 0.669. The lowest BCUT2D eigenvalue weighted by molar-refractivity contribution is -0.0465. The van der Waals surface area contributed by atoms with Gasteiger partial charge in [0, 0.05) is 0 Å². The van der Waals surface area contributed by atoms with Crippen LogP contribution in [0.25, 0.3) is 0 Å². The van der Waals surface area contributed by atoms with E-state index in [-0.39, 0.29) is 0 Å². The Kier molecular flexibility index (Phi) is 1.19. The highest BCUT2D eigenvalue weighted by atomic mass is 14.6. The van der Waals surface area contributed by atoms with Crippen molar-refractivity contribution in [1.82, 2.24) is 0 Å². The van der Waals surface area contributed by atoms with Crippen LogP contribution >= 0.6 is 0 Å². The Morgan fingerprint density at radius 3 is 2.40 bits per heavy atom. The summed E-state index contributed by atoms with van der Waals surface area (Å²) in [5, 5.41) is 0. The lowest BCUT2D eigenvalue weighted by atomic mass is 9.46. The molecule has 0 nitrogen and oxygen atoms in total. The molecule has 0 saturated heterocycles. The molecule has 0 aromatic heterocycles. The molecule has 10 heavy (non-hydrogen) atoms. The van der Waals surface area contributed by atoms with E-state index < -0.39 is 0 Å². The van der Waals surface area contributed by atoms with Gasteiger partial charge in [0.15, 0.2) is 0 Å². The van der Waals surface area contributed by atoms with Crippen molar-refractivity contribution in [2.24, 2.45) is 17.3 Å². The Morgan fingerprint density at radius 2 is 2.10 bits per heavy atom. The van der Waals surface area contributed by atoms with Crippen LogP contribution in [0.3, 0.4) is 0 Å². The summed E-state index contributed by atoms with van der Waals surface area (Å²) in [6.07, 6.45) is 4.38. The van der Waals surface area contributed by atoms with Crippen molar-refractivity contribution in [3.05, 3.63) is 5.92 Å². The minimum atomic E-state index is 0.669. The third-order valence-electron chi connectivity index (χ3n) is 3.95. The number of rotatable bonds is 0. The molecule has 3 aliphatic carbocycles. The van der Waals surface area contributed by atoms with Gasteiger partial charge in [-0.25, -0.2) is 0 Å². The second kappa shape index (κ2) is 1.78. The molecule has 1 radical (unpaired) electrons. The Labute approximate surface area is 64.0 Å². The fraction of sp³-hybridized carbons (Fsp3) is 0.900. The predicted octanol–water partition coefficient (Wildman–Crippen LogP) is 3.04. The van der Waals surface area contributed by atoms with Crippen LogP contribution in [-0.4, -0.2) is 0 Å². The molecule has 3 saturated carbocycles. The van der Waals surface area contributed by atoms with E-state index in [1.807, 2.05) is 0 Å². The smallest absolute Gasteiger partial charge is 0.0235 e. The molecule has 0 spiro atoms. The molecule has 3 rings (SSSR count). The van der Waals surface area contributed by atoms with Crippen LogP contribution in [-0.2, 0) is 0 Å². The summed E-state index contributed by atoms with van der Waals surface area (Å²) >= 11 is 0. The number of hydrogen-bond acceptors (Lipinski definition) is 0. The van der Waals surface area contributed by atoms with Gasteiger partial charge >= 0.3 is 0 Å². The van der Waals surface area contributed by atoms with Gasteiger partial charge in [-0.05, 0) is 42.4 Å². The summed E-state index contributed by atoms with van der Waals surface area (Å²) < 4.78 is 0. The molecule has 0 aromatic carbocycles. The van der Waals surface area contributed by atoms with Crippen LogP contribution in [0.5, 0.6) is 0 Å². The standard InChI is InChI=1S/C10H17/c1-7-4-5-8-6-9(7)10(8,2)3/h8-9H,4-6H2,1-3H3/t8-,9-/m0/s1. The molecule has 3 fully saturated rings. The van der Waals surface area contributed by atoms with Crippen molar-refractivity contribution >= 4 is 0 Å². The van der Waals surface area contributed by atoms with Gasteiger partial charge in [0.05, 0.1) is 0 Å². The molecule has 3 aliphatic rings. The average Bonchev–Trinajstić information content (AvgIpc) is 1.87. The van der Waals surface area contributed by atoms with Crippen LogP contribution in [0.15, 0.2) is 0 Å². The highest BCUT2D eigenvalue weighted by Gasteiger charge is 2.52. The molecular formula is C10H17. The quantitative estimate of drug-likeness (QED) is 0.481. The highest BCUT2D eigenvalue weighted by Crippen LogP contribution is 2.61. The highest BCUT2D eigenvalue weighted by molar-refractivity contribution is 5.13. The first-order valence-corrected chi connectivity index (χ1v) is 4.44. The summed E-state index contributed by atoms with van der Waals surface area (Å²) in [6.45, 7) is 7.23. The zero-order chi connectivity index (χ0) is 7.35. The molecule has 0 amide bonds. The topological polar surface area (TPSA) is 0 Å². The fourth-order valence-corrected chi connectivity index (χ4v) is 2.92. The first kappa shape index (κ1) is 6.69. The Balaban J connectivity index is 2.16. The number of fused-ring (bicyclic) bond motifs is 2. The van der Waals surface area contributed by atoms with Crippen molar-refractivity contribution in [2.75, 3.05) is 0 Å². The first-order chi connectivity index (χ1) is 4.62. The van der Waals surface area contributed by atoms with Crippen molar-refractivity contribution in [3.8, 4) is 0 Å². The minimum absolute atomic E-state index is 0.669. The third kappa shape index (κ3) is 0.627.